The lowest BCUT2D eigenvalue weighted by molar-refractivity contribution is -0.143. The summed E-state index contributed by atoms with van der Waals surface area (Å²) in [6.45, 7) is 5.96. The van der Waals surface area contributed by atoms with E-state index in [1.54, 1.807) is 4.90 Å². The number of benzene rings is 2. The number of fused-ring (bicyclic) bond motifs is 1. The van der Waals surface area contributed by atoms with Gasteiger partial charge in [0.15, 0.2) is 0 Å². The van der Waals surface area contributed by atoms with Crippen molar-refractivity contribution in [3.05, 3.63) is 87.1 Å². The summed E-state index contributed by atoms with van der Waals surface area (Å²) in [6.07, 6.45) is -4.99. The summed E-state index contributed by atoms with van der Waals surface area (Å²) < 4.78 is 83.1. The highest BCUT2D eigenvalue weighted by Crippen LogP contribution is 2.37. The highest BCUT2D eigenvalue weighted by molar-refractivity contribution is 9.10. The van der Waals surface area contributed by atoms with Crippen LogP contribution in [0.25, 0.3) is 10.9 Å². The minimum Gasteiger partial charge on any atom is -0.354 e. The van der Waals surface area contributed by atoms with Crippen LogP contribution < -0.4 is 9.80 Å². The normalized spacial score (nSPS) is 16.1. The van der Waals surface area contributed by atoms with E-state index >= 15 is 0 Å². The highest BCUT2D eigenvalue weighted by Gasteiger charge is 2.37. The number of anilines is 2. The summed E-state index contributed by atoms with van der Waals surface area (Å²) in [6, 6.07) is 9.29. The number of aryl methyl sites for hydroxylation is 1. The Morgan fingerprint density at radius 1 is 0.857 bits per heavy atom. The third-order valence-electron chi connectivity index (χ3n) is 8.86. The number of carbonyl (C=O) groups is 1. The Labute approximate surface area is 287 Å². The van der Waals surface area contributed by atoms with Crippen LogP contribution in [-0.2, 0) is 30.2 Å². The van der Waals surface area contributed by atoms with E-state index in [0.29, 0.717) is 48.6 Å². The summed E-state index contributed by atoms with van der Waals surface area (Å²) in [5, 5.41) is 0.837. The third kappa shape index (κ3) is 8.26. The average Bonchev–Trinajstić information content (AvgIpc) is 3.60. The van der Waals surface area contributed by atoms with Crippen LogP contribution in [0, 0.1) is 6.92 Å². The van der Waals surface area contributed by atoms with Crippen molar-refractivity contribution in [2.24, 2.45) is 0 Å². The first-order valence-electron chi connectivity index (χ1n) is 15.9. The fourth-order valence-corrected chi connectivity index (χ4v) is 6.55. The topological polar surface area (TPSA) is 68.7 Å². The Bertz CT molecular complexity index is 1770. The number of halogens is 7. The molecule has 4 heterocycles. The molecule has 2 aliphatic rings. The fourth-order valence-electron chi connectivity index (χ4n) is 6.35. The molecule has 6 rings (SSSR count). The molecule has 0 spiro atoms. The van der Waals surface area contributed by atoms with E-state index in [1.165, 1.54) is 12.4 Å². The molecule has 0 radical (unpaired) electrons. The van der Waals surface area contributed by atoms with E-state index < -0.39 is 23.5 Å². The molecule has 0 N–H and O–H groups in total. The molecule has 2 saturated heterocycles. The fraction of sp³-hybridized carbons (Fsp3) is 0.412. The predicted molar refractivity (Wildman–Crippen MR) is 177 cm³/mol. The number of carbonyl (C=O) groups excluding carboxylic acids is 1. The summed E-state index contributed by atoms with van der Waals surface area (Å²) >= 11 is 3.29. The van der Waals surface area contributed by atoms with Crippen LogP contribution in [-0.4, -0.2) is 76.5 Å². The van der Waals surface area contributed by atoms with Crippen molar-refractivity contribution in [3.63, 3.8) is 0 Å². The van der Waals surface area contributed by atoms with Crippen molar-refractivity contribution in [2.45, 2.75) is 45.2 Å². The maximum Gasteiger partial charge on any atom is 0.416 e. The van der Waals surface area contributed by atoms with Gasteiger partial charge in [0.05, 0.1) is 27.7 Å². The van der Waals surface area contributed by atoms with E-state index in [2.05, 4.69) is 35.7 Å². The molecule has 2 aromatic carbocycles. The van der Waals surface area contributed by atoms with E-state index in [9.17, 15) is 31.1 Å². The number of nitrogens with zero attached hydrogens (tertiary/aromatic N) is 7. The second kappa shape index (κ2) is 14.1. The zero-order valence-electron chi connectivity index (χ0n) is 26.7. The van der Waals surface area contributed by atoms with Gasteiger partial charge in [0, 0.05) is 75.7 Å². The lowest BCUT2D eigenvalue weighted by atomic mass is 10.0. The van der Waals surface area contributed by atoms with E-state index in [4.69, 9.17) is 4.98 Å². The molecule has 0 atom stereocenters. The molecule has 2 aliphatic heterocycles. The van der Waals surface area contributed by atoms with Gasteiger partial charge in [0.2, 0.25) is 11.9 Å². The molecule has 8 nitrogen and oxygen atoms in total. The molecule has 2 aromatic heterocycles. The number of hydrogen-bond donors (Lipinski definition) is 0. The average molecular weight is 751 g/mol. The summed E-state index contributed by atoms with van der Waals surface area (Å²) in [4.78, 5) is 34.3. The molecule has 1 amide bonds. The molecular formula is C34H34BrF6N7O. The molecule has 2 fully saturated rings. The van der Waals surface area contributed by atoms with Crippen molar-refractivity contribution >= 4 is 44.5 Å². The van der Waals surface area contributed by atoms with Gasteiger partial charge in [0.25, 0.3) is 0 Å². The Kier molecular flexibility index (Phi) is 10.0. The first-order chi connectivity index (χ1) is 23.2. The number of para-hydroxylation sites is 1. The van der Waals surface area contributed by atoms with Crippen LogP contribution in [0.4, 0.5) is 38.1 Å². The van der Waals surface area contributed by atoms with Gasteiger partial charge in [-0.15, -0.1) is 0 Å². The van der Waals surface area contributed by atoms with Gasteiger partial charge in [-0.2, -0.15) is 26.3 Å². The second-order valence-electron chi connectivity index (χ2n) is 12.4. The van der Waals surface area contributed by atoms with E-state index in [-0.39, 0.29) is 36.6 Å². The van der Waals surface area contributed by atoms with Crippen molar-refractivity contribution < 1.29 is 31.1 Å². The van der Waals surface area contributed by atoms with Gasteiger partial charge in [-0.05, 0) is 71.1 Å². The molecule has 0 unspecified atom stereocenters. The maximum absolute atomic E-state index is 13.8. The van der Waals surface area contributed by atoms with Crippen LogP contribution in [0.5, 0.6) is 0 Å². The van der Waals surface area contributed by atoms with Crippen LogP contribution in [0.15, 0.2) is 59.3 Å². The highest BCUT2D eigenvalue weighted by atomic mass is 79.9. The minimum atomic E-state index is -4.98. The van der Waals surface area contributed by atoms with Crippen molar-refractivity contribution in [1.82, 2.24) is 24.8 Å². The SMILES string of the molecule is Cc1cccc2cc(CN(Cc3cc(C(F)(F)F)cc(C(F)(F)F)c3)c3ncc(Br)cn3)c(N3CCN(CC(=O)N4CCCC4)CC3)nc12. The number of pyridine rings is 1. The molecule has 0 saturated carbocycles. The lowest BCUT2D eigenvalue weighted by Gasteiger charge is -2.37. The van der Waals surface area contributed by atoms with Gasteiger partial charge < -0.3 is 14.7 Å². The van der Waals surface area contributed by atoms with Gasteiger partial charge >= 0.3 is 12.4 Å². The molecule has 15 heteroatoms. The lowest BCUT2D eigenvalue weighted by Crippen LogP contribution is -2.50. The van der Waals surface area contributed by atoms with Gasteiger partial charge in [-0.3, -0.25) is 9.69 Å². The monoisotopic (exact) mass is 749 g/mol. The summed E-state index contributed by atoms with van der Waals surface area (Å²) in [5.74, 6) is 0.892. The number of amides is 1. The predicted octanol–water partition coefficient (Wildman–Crippen LogP) is 7.08. The van der Waals surface area contributed by atoms with E-state index in [1.807, 2.05) is 36.1 Å². The van der Waals surface area contributed by atoms with Gasteiger partial charge in [0.1, 0.15) is 5.82 Å². The number of likely N-dealkylation sites (tertiary alicyclic amines) is 1. The van der Waals surface area contributed by atoms with Crippen LogP contribution in [0.2, 0.25) is 0 Å². The molecule has 4 aromatic rings. The van der Waals surface area contributed by atoms with Crippen LogP contribution in [0.1, 0.15) is 40.7 Å². The van der Waals surface area contributed by atoms with Gasteiger partial charge in [-0.1, -0.05) is 18.2 Å². The summed E-state index contributed by atoms with van der Waals surface area (Å²) in [7, 11) is 0. The largest absolute Gasteiger partial charge is 0.416 e. The Morgan fingerprint density at radius 3 is 2.10 bits per heavy atom. The maximum atomic E-state index is 13.8. The number of alkyl halides is 6. The molecule has 49 heavy (non-hydrogen) atoms. The number of rotatable bonds is 8. The smallest absolute Gasteiger partial charge is 0.354 e. The first-order valence-corrected chi connectivity index (χ1v) is 16.7. The standard InChI is InChI=1S/C34H34BrF6N7O/c1-22-5-4-6-24-15-25(31(44-30(22)24)47-11-9-45(10-12-47)21-29(49)46-7-2-3-8-46)20-48(32-42-17-28(35)18-43-32)19-23-13-26(33(36,37)38)16-27(14-23)34(39,40)41/h4-6,13-18H,2-3,7-12,19-21H2,1H3. The molecule has 0 bridgehead atoms. The van der Waals surface area contributed by atoms with Crippen molar-refractivity contribution in [1.29, 1.82) is 0 Å². The number of piperazine rings is 1. The summed E-state index contributed by atoms with van der Waals surface area (Å²) in [5.41, 5.74) is -0.536. The zero-order chi connectivity index (χ0) is 34.9. The van der Waals surface area contributed by atoms with Crippen molar-refractivity contribution in [3.8, 4) is 0 Å². The Hall–Kier alpha value is -3.98. The molecular weight excluding hydrogens is 716 g/mol. The molecule has 260 valence electrons. The first kappa shape index (κ1) is 34.9. The van der Waals surface area contributed by atoms with Crippen molar-refractivity contribution in [2.75, 3.05) is 55.6 Å². The second-order valence-corrected chi connectivity index (χ2v) is 13.4. The minimum absolute atomic E-state index is 0.0408. The zero-order valence-corrected chi connectivity index (χ0v) is 28.2. The quantitative estimate of drug-likeness (QED) is 0.178. The Balaban J connectivity index is 1.34. The van der Waals surface area contributed by atoms with Crippen LogP contribution in [0.3, 0.4) is 0 Å². The van der Waals surface area contributed by atoms with Crippen LogP contribution >= 0.6 is 15.9 Å². The molecule has 0 aliphatic carbocycles. The third-order valence-corrected chi connectivity index (χ3v) is 9.27. The Morgan fingerprint density at radius 2 is 1.49 bits per heavy atom. The van der Waals surface area contributed by atoms with Gasteiger partial charge in [-0.25, -0.2) is 15.0 Å². The number of hydrogen-bond acceptors (Lipinski definition) is 7. The van der Waals surface area contributed by atoms with E-state index in [0.717, 1.165) is 54.5 Å². The number of aromatic nitrogens is 3.